The van der Waals surface area contributed by atoms with Gasteiger partial charge >= 0.3 is 0 Å². The van der Waals surface area contributed by atoms with Gasteiger partial charge in [-0.15, -0.1) is 0 Å². The summed E-state index contributed by atoms with van der Waals surface area (Å²) in [6.45, 7) is 4.22. The average Bonchev–Trinajstić information content (AvgIpc) is 2.78. The summed E-state index contributed by atoms with van der Waals surface area (Å²) in [5.41, 5.74) is 4.11. The van der Waals surface area contributed by atoms with Crippen LogP contribution in [0.4, 0.5) is 4.39 Å². The molecule has 3 aromatic carbocycles. The molecule has 0 unspecified atom stereocenters. The number of fused-ring (bicyclic) bond motifs is 1. The molecular weight excluding hydrogens is 427 g/mol. The Morgan fingerprint density at radius 2 is 1.59 bits per heavy atom. The van der Waals surface area contributed by atoms with Gasteiger partial charge in [-0.05, 0) is 66.9 Å². The fraction of sp³-hybridized carbons (Fsp3) is 0.154. The molecule has 4 rings (SSSR count). The average molecular weight is 449 g/mol. The van der Waals surface area contributed by atoms with E-state index >= 15 is 0 Å². The predicted octanol–water partition coefficient (Wildman–Crippen LogP) is 5.78. The number of aromatic amines is 1. The first-order chi connectivity index (χ1) is 15.3. The smallest absolute Gasteiger partial charge is 0.254 e. The number of amides is 1. The maximum absolute atomic E-state index is 13.4. The lowest BCUT2D eigenvalue weighted by atomic mass is 10.0. The van der Waals surface area contributed by atoms with E-state index in [9.17, 15) is 14.0 Å². The van der Waals surface area contributed by atoms with Gasteiger partial charge in [0.1, 0.15) is 5.82 Å². The number of nitrogens with zero attached hydrogens (tertiary/aromatic N) is 1. The summed E-state index contributed by atoms with van der Waals surface area (Å²) in [5.74, 6) is -0.735. The lowest BCUT2D eigenvalue weighted by Crippen LogP contribution is -2.32. The Morgan fingerprint density at radius 3 is 2.31 bits per heavy atom. The molecule has 4 aromatic rings. The Kier molecular flexibility index (Phi) is 6.10. The molecule has 1 N–H and O–H groups in total. The standard InChI is InChI=1S/C26H22ClFN2O2/c1-16-7-8-17(2)24-22(16)13-20(25(31)29-24)15-30(14-19-5-3-4-6-23(19)27)26(32)18-9-11-21(28)12-10-18/h3-13H,14-15H2,1-2H3,(H,29,31). The Hall–Kier alpha value is -3.44. The van der Waals surface area contributed by atoms with Crippen LogP contribution in [0.15, 0.2) is 71.5 Å². The van der Waals surface area contributed by atoms with E-state index in [1.165, 1.54) is 24.3 Å². The van der Waals surface area contributed by atoms with Crippen molar-refractivity contribution in [2.45, 2.75) is 26.9 Å². The minimum absolute atomic E-state index is 0.0834. The second-order valence-electron chi connectivity index (χ2n) is 7.87. The topological polar surface area (TPSA) is 53.2 Å². The van der Waals surface area contributed by atoms with E-state index in [2.05, 4.69) is 4.98 Å². The molecule has 1 amide bonds. The predicted molar refractivity (Wildman–Crippen MR) is 125 cm³/mol. The van der Waals surface area contributed by atoms with Gasteiger partial charge in [0.05, 0.1) is 12.1 Å². The number of pyridine rings is 1. The summed E-state index contributed by atoms with van der Waals surface area (Å²) in [5, 5.41) is 1.47. The molecule has 162 valence electrons. The number of H-pyrrole nitrogens is 1. The zero-order valence-corrected chi connectivity index (χ0v) is 18.5. The van der Waals surface area contributed by atoms with Crippen LogP contribution in [0.5, 0.6) is 0 Å². The third-order valence-corrected chi connectivity index (χ3v) is 5.95. The highest BCUT2D eigenvalue weighted by molar-refractivity contribution is 6.31. The van der Waals surface area contributed by atoms with Crippen molar-refractivity contribution in [1.29, 1.82) is 0 Å². The second kappa shape index (κ2) is 8.97. The zero-order chi connectivity index (χ0) is 22.8. The first-order valence-electron chi connectivity index (χ1n) is 10.2. The molecule has 0 atom stereocenters. The van der Waals surface area contributed by atoms with Crippen molar-refractivity contribution >= 4 is 28.4 Å². The van der Waals surface area contributed by atoms with E-state index in [-0.39, 0.29) is 24.6 Å². The highest BCUT2D eigenvalue weighted by Crippen LogP contribution is 2.23. The third kappa shape index (κ3) is 4.43. The molecule has 0 aliphatic carbocycles. The summed E-state index contributed by atoms with van der Waals surface area (Å²) < 4.78 is 13.4. The van der Waals surface area contributed by atoms with Gasteiger partial charge in [-0.2, -0.15) is 0 Å². The van der Waals surface area contributed by atoms with Gasteiger partial charge < -0.3 is 9.88 Å². The largest absolute Gasteiger partial charge is 0.330 e. The maximum atomic E-state index is 13.4. The molecule has 0 radical (unpaired) electrons. The van der Waals surface area contributed by atoms with E-state index in [0.717, 1.165) is 27.6 Å². The van der Waals surface area contributed by atoms with Crippen LogP contribution < -0.4 is 5.56 Å². The van der Waals surface area contributed by atoms with Crippen molar-refractivity contribution < 1.29 is 9.18 Å². The monoisotopic (exact) mass is 448 g/mol. The second-order valence-corrected chi connectivity index (χ2v) is 8.28. The Balaban J connectivity index is 1.76. The summed E-state index contributed by atoms with van der Waals surface area (Å²) in [4.78, 5) is 30.7. The number of aryl methyl sites for hydroxylation is 2. The summed E-state index contributed by atoms with van der Waals surface area (Å²) in [7, 11) is 0. The number of hydrogen-bond acceptors (Lipinski definition) is 2. The van der Waals surface area contributed by atoms with Gasteiger partial charge in [0.2, 0.25) is 0 Å². The van der Waals surface area contributed by atoms with Crippen molar-refractivity contribution in [2.75, 3.05) is 0 Å². The fourth-order valence-electron chi connectivity index (χ4n) is 3.75. The molecule has 4 nitrogen and oxygen atoms in total. The van der Waals surface area contributed by atoms with Crippen LogP contribution in [0.3, 0.4) is 0 Å². The highest BCUT2D eigenvalue weighted by atomic mass is 35.5. The number of hydrogen-bond donors (Lipinski definition) is 1. The van der Waals surface area contributed by atoms with Crippen LogP contribution in [-0.2, 0) is 13.1 Å². The first-order valence-corrected chi connectivity index (χ1v) is 10.6. The van der Waals surface area contributed by atoms with Crippen molar-refractivity contribution in [3.8, 4) is 0 Å². The van der Waals surface area contributed by atoms with Crippen LogP contribution in [-0.4, -0.2) is 15.8 Å². The Labute approximate surface area is 190 Å². The lowest BCUT2D eigenvalue weighted by Gasteiger charge is -2.24. The third-order valence-electron chi connectivity index (χ3n) is 5.58. The van der Waals surface area contributed by atoms with Crippen LogP contribution in [0.1, 0.15) is 32.6 Å². The van der Waals surface area contributed by atoms with Crippen LogP contribution in [0.2, 0.25) is 5.02 Å². The van der Waals surface area contributed by atoms with Crippen molar-refractivity contribution in [1.82, 2.24) is 9.88 Å². The number of halogens is 2. The van der Waals surface area contributed by atoms with Crippen LogP contribution in [0.25, 0.3) is 10.9 Å². The first kappa shape index (κ1) is 21.8. The minimum Gasteiger partial charge on any atom is -0.330 e. The molecule has 0 saturated carbocycles. The molecule has 6 heteroatoms. The van der Waals surface area contributed by atoms with E-state index in [0.29, 0.717) is 16.1 Å². The van der Waals surface area contributed by atoms with E-state index < -0.39 is 5.82 Å². The Morgan fingerprint density at radius 1 is 0.938 bits per heavy atom. The van der Waals surface area contributed by atoms with Crippen molar-refractivity contribution in [3.63, 3.8) is 0 Å². The molecule has 1 heterocycles. The fourth-order valence-corrected chi connectivity index (χ4v) is 3.94. The number of carbonyl (C=O) groups is 1. The maximum Gasteiger partial charge on any atom is 0.254 e. The van der Waals surface area contributed by atoms with E-state index in [1.54, 1.807) is 11.0 Å². The number of nitrogens with one attached hydrogen (secondary N) is 1. The SMILES string of the molecule is Cc1ccc(C)c2[nH]c(=O)c(CN(Cc3ccccc3Cl)C(=O)c3ccc(F)cc3)cc12. The van der Waals surface area contributed by atoms with Gasteiger partial charge in [-0.3, -0.25) is 9.59 Å². The van der Waals surface area contributed by atoms with Crippen molar-refractivity contribution in [2.24, 2.45) is 0 Å². The molecule has 0 fully saturated rings. The normalized spacial score (nSPS) is 11.0. The van der Waals surface area contributed by atoms with E-state index in [1.807, 2.05) is 50.2 Å². The lowest BCUT2D eigenvalue weighted by molar-refractivity contribution is 0.0729. The quantitative estimate of drug-likeness (QED) is 0.420. The molecule has 0 bridgehead atoms. The number of rotatable bonds is 5. The molecule has 0 aliphatic heterocycles. The van der Waals surface area contributed by atoms with Crippen molar-refractivity contribution in [3.05, 3.63) is 116 Å². The van der Waals surface area contributed by atoms with Gasteiger partial charge in [0.15, 0.2) is 0 Å². The summed E-state index contributed by atoms with van der Waals surface area (Å²) in [6, 6.07) is 18.4. The molecule has 1 aromatic heterocycles. The van der Waals surface area contributed by atoms with Crippen LogP contribution >= 0.6 is 11.6 Å². The molecule has 0 spiro atoms. The molecule has 0 aliphatic rings. The number of benzene rings is 3. The molecular formula is C26H22ClFN2O2. The summed E-state index contributed by atoms with van der Waals surface area (Å²) in [6.07, 6.45) is 0. The van der Waals surface area contributed by atoms with Gasteiger partial charge in [-0.25, -0.2) is 4.39 Å². The number of aromatic nitrogens is 1. The zero-order valence-electron chi connectivity index (χ0n) is 17.8. The number of carbonyl (C=O) groups excluding carboxylic acids is 1. The minimum atomic E-state index is -0.420. The van der Waals surface area contributed by atoms with Gasteiger partial charge in [0.25, 0.3) is 11.5 Å². The van der Waals surface area contributed by atoms with Gasteiger partial charge in [0, 0.05) is 28.1 Å². The Bertz CT molecular complexity index is 1360. The van der Waals surface area contributed by atoms with Gasteiger partial charge in [-0.1, -0.05) is 41.9 Å². The summed E-state index contributed by atoms with van der Waals surface area (Å²) >= 11 is 6.33. The van der Waals surface area contributed by atoms with Crippen LogP contribution in [0, 0.1) is 19.7 Å². The van der Waals surface area contributed by atoms with E-state index in [4.69, 9.17) is 11.6 Å². The highest BCUT2D eigenvalue weighted by Gasteiger charge is 2.20. The molecule has 32 heavy (non-hydrogen) atoms. The molecule has 0 saturated heterocycles.